The highest BCUT2D eigenvalue weighted by Crippen LogP contribution is 2.15. The zero-order valence-corrected chi connectivity index (χ0v) is 13.1. The number of rotatable bonds is 5. The number of nitrogens with zero attached hydrogens (tertiary/aromatic N) is 2. The molecule has 1 heterocycles. The predicted octanol–water partition coefficient (Wildman–Crippen LogP) is 2.32. The maximum absolute atomic E-state index is 11.9. The number of aromatic nitrogens is 2. The lowest BCUT2D eigenvalue weighted by atomic mass is 10.1. The van der Waals surface area contributed by atoms with Crippen molar-refractivity contribution in [2.45, 2.75) is 26.9 Å². The van der Waals surface area contributed by atoms with Crippen LogP contribution in [0.1, 0.15) is 19.4 Å². The van der Waals surface area contributed by atoms with Crippen molar-refractivity contribution >= 4 is 11.8 Å². The Morgan fingerprint density at radius 1 is 1.32 bits per heavy atom. The van der Waals surface area contributed by atoms with Gasteiger partial charge in [-0.05, 0) is 25.0 Å². The molecule has 0 bridgehead atoms. The van der Waals surface area contributed by atoms with Crippen molar-refractivity contribution in [1.29, 1.82) is 0 Å². The van der Waals surface area contributed by atoms with Crippen LogP contribution in [0.4, 0.5) is 10.6 Å². The standard InChI is InChI=1S/C16H22N4O2/c1-11(2)14(21)9-17-16(22)18-15-12(3)10-20(19-15)13-7-5-4-6-8-13/h4-8,10-11,14,21H,9H2,1-3H3,(H2,17,18,19,22)/t14-/m1/s1. The highest BCUT2D eigenvalue weighted by Gasteiger charge is 2.13. The van der Waals surface area contributed by atoms with Crippen LogP contribution in [0.15, 0.2) is 36.5 Å². The number of aliphatic hydroxyl groups is 1. The molecule has 1 aromatic carbocycles. The second-order valence-electron chi connectivity index (χ2n) is 5.59. The molecule has 1 aromatic heterocycles. The number of benzene rings is 1. The second kappa shape index (κ2) is 7.09. The van der Waals surface area contributed by atoms with E-state index < -0.39 is 6.10 Å². The molecule has 3 N–H and O–H groups in total. The Morgan fingerprint density at radius 3 is 2.64 bits per heavy atom. The van der Waals surface area contributed by atoms with Crippen LogP contribution >= 0.6 is 0 Å². The number of amides is 2. The molecule has 6 nitrogen and oxygen atoms in total. The van der Waals surface area contributed by atoms with Crippen LogP contribution in [0.2, 0.25) is 0 Å². The van der Waals surface area contributed by atoms with Gasteiger partial charge in [-0.2, -0.15) is 0 Å². The highest BCUT2D eigenvalue weighted by atomic mass is 16.3. The summed E-state index contributed by atoms with van der Waals surface area (Å²) in [6.07, 6.45) is 1.29. The van der Waals surface area contributed by atoms with E-state index in [-0.39, 0.29) is 18.5 Å². The van der Waals surface area contributed by atoms with Crippen molar-refractivity contribution in [3.63, 3.8) is 0 Å². The van der Waals surface area contributed by atoms with Gasteiger partial charge in [0.25, 0.3) is 0 Å². The number of hydrogen-bond donors (Lipinski definition) is 3. The Hall–Kier alpha value is -2.34. The fraction of sp³-hybridized carbons (Fsp3) is 0.375. The van der Waals surface area contributed by atoms with Gasteiger partial charge in [0.05, 0.1) is 11.8 Å². The summed E-state index contributed by atoms with van der Waals surface area (Å²) in [5.74, 6) is 0.597. The highest BCUT2D eigenvalue weighted by molar-refractivity contribution is 5.88. The molecule has 0 saturated carbocycles. The van der Waals surface area contributed by atoms with Crippen molar-refractivity contribution in [2.75, 3.05) is 11.9 Å². The molecule has 0 saturated heterocycles. The fourth-order valence-corrected chi connectivity index (χ4v) is 1.88. The van der Waals surface area contributed by atoms with E-state index in [0.717, 1.165) is 11.3 Å². The molecule has 2 rings (SSSR count). The van der Waals surface area contributed by atoms with Gasteiger partial charge in [-0.1, -0.05) is 32.0 Å². The van der Waals surface area contributed by atoms with Crippen molar-refractivity contribution in [3.8, 4) is 5.69 Å². The SMILES string of the molecule is Cc1cn(-c2ccccc2)nc1NC(=O)NC[C@@H](O)C(C)C. The minimum atomic E-state index is -0.561. The lowest BCUT2D eigenvalue weighted by molar-refractivity contribution is 0.126. The molecular formula is C16H22N4O2. The summed E-state index contributed by atoms with van der Waals surface area (Å²) in [5, 5.41) is 19.4. The van der Waals surface area contributed by atoms with Gasteiger partial charge < -0.3 is 10.4 Å². The summed E-state index contributed by atoms with van der Waals surface area (Å²) in [7, 11) is 0. The Labute approximate surface area is 130 Å². The first kappa shape index (κ1) is 16.0. The second-order valence-corrected chi connectivity index (χ2v) is 5.59. The average Bonchev–Trinajstić information content (AvgIpc) is 2.86. The van der Waals surface area contributed by atoms with Crippen molar-refractivity contribution in [3.05, 3.63) is 42.1 Å². The molecule has 118 valence electrons. The molecule has 1 atom stereocenters. The number of anilines is 1. The summed E-state index contributed by atoms with van der Waals surface area (Å²) in [5.41, 5.74) is 1.79. The van der Waals surface area contributed by atoms with E-state index in [1.54, 1.807) is 4.68 Å². The van der Waals surface area contributed by atoms with E-state index in [1.165, 1.54) is 0 Å². The van der Waals surface area contributed by atoms with Crippen molar-refractivity contribution < 1.29 is 9.90 Å². The van der Waals surface area contributed by atoms with Crippen LogP contribution in [0, 0.1) is 12.8 Å². The zero-order chi connectivity index (χ0) is 16.1. The third kappa shape index (κ3) is 4.08. The topological polar surface area (TPSA) is 79.2 Å². The molecule has 2 amide bonds. The van der Waals surface area contributed by atoms with E-state index in [0.29, 0.717) is 5.82 Å². The quantitative estimate of drug-likeness (QED) is 0.793. The number of carbonyl (C=O) groups is 1. The van der Waals surface area contributed by atoms with Gasteiger partial charge in [0.1, 0.15) is 0 Å². The molecule has 22 heavy (non-hydrogen) atoms. The molecule has 0 fully saturated rings. The van der Waals surface area contributed by atoms with E-state index in [4.69, 9.17) is 0 Å². The van der Waals surface area contributed by atoms with Gasteiger partial charge in [0.2, 0.25) is 0 Å². The smallest absolute Gasteiger partial charge is 0.320 e. The van der Waals surface area contributed by atoms with E-state index in [1.807, 2.05) is 57.3 Å². The zero-order valence-electron chi connectivity index (χ0n) is 13.1. The van der Waals surface area contributed by atoms with Crippen molar-refractivity contribution in [1.82, 2.24) is 15.1 Å². The number of aryl methyl sites for hydroxylation is 1. The first-order chi connectivity index (χ1) is 10.5. The fourth-order valence-electron chi connectivity index (χ4n) is 1.88. The molecule has 0 aliphatic rings. The number of aliphatic hydroxyl groups excluding tert-OH is 1. The average molecular weight is 302 g/mol. The van der Waals surface area contributed by atoms with E-state index >= 15 is 0 Å². The van der Waals surface area contributed by atoms with Gasteiger partial charge in [-0.25, -0.2) is 9.48 Å². The normalized spacial score (nSPS) is 12.2. The molecule has 6 heteroatoms. The van der Waals surface area contributed by atoms with Gasteiger partial charge in [0, 0.05) is 18.3 Å². The first-order valence-corrected chi connectivity index (χ1v) is 7.32. The Morgan fingerprint density at radius 2 is 2.00 bits per heavy atom. The minimum absolute atomic E-state index is 0.0966. The first-order valence-electron chi connectivity index (χ1n) is 7.32. The van der Waals surface area contributed by atoms with Crippen LogP contribution in [-0.4, -0.2) is 33.6 Å². The van der Waals surface area contributed by atoms with Crippen LogP contribution in [0.25, 0.3) is 5.69 Å². The van der Waals surface area contributed by atoms with Crippen LogP contribution in [-0.2, 0) is 0 Å². The lowest BCUT2D eigenvalue weighted by Gasteiger charge is -2.15. The lowest BCUT2D eigenvalue weighted by Crippen LogP contribution is -2.37. The van der Waals surface area contributed by atoms with Crippen LogP contribution in [0.3, 0.4) is 0 Å². The molecular weight excluding hydrogens is 280 g/mol. The van der Waals surface area contributed by atoms with Gasteiger partial charge in [-0.15, -0.1) is 5.10 Å². The molecule has 0 unspecified atom stereocenters. The summed E-state index contributed by atoms with van der Waals surface area (Å²) in [6.45, 7) is 5.89. The van der Waals surface area contributed by atoms with Crippen LogP contribution < -0.4 is 10.6 Å². The number of para-hydroxylation sites is 1. The Kier molecular flexibility index (Phi) is 5.16. The summed E-state index contributed by atoms with van der Waals surface area (Å²) < 4.78 is 1.72. The number of urea groups is 1. The molecule has 0 aliphatic carbocycles. The third-order valence-electron chi connectivity index (χ3n) is 3.39. The Balaban J connectivity index is 1.99. The molecule has 0 aliphatic heterocycles. The number of hydrogen-bond acceptors (Lipinski definition) is 3. The summed E-state index contributed by atoms with van der Waals surface area (Å²) in [4.78, 5) is 11.9. The van der Waals surface area contributed by atoms with E-state index in [2.05, 4.69) is 15.7 Å². The molecule has 0 spiro atoms. The summed E-state index contributed by atoms with van der Waals surface area (Å²) >= 11 is 0. The largest absolute Gasteiger partial charge is 0.391 e. The number of carbonyl (C=O) groups excluding carboxylic acids is 1. The molecule has 0 radical (unpaired) electrons. The Bertz CT molecular complexity index is 622. The van der Waals surface area contributed by atoms with Crippen LogP contribution in [0.5, 0.6) is 0 Å². The molecule has 2 aromatic rings. The summed E-state index contributed by atoms with van der Waals surface area (Å²) in [6, 6.07) is 9.30. The third-order valence-corrected chi connectivity index (χ3v) is 3.39. The van der Waals surface area contributed by atoms with E-state index in [9.17, 15) is 9.90 Å². The minimum Gasteiger partial charge on any atom is -0.391 e. The van der Waals surface area contributed by atoms with Crippen molar-refractivity contribution in [2.24, 2.45) is 5.92 Å². The predicted molar refractivity (Wildman–Crippen MR) is 86.2 cm³/mol. The maximum Gasteiger partial charge on any atom is 0.320 e. The van der Waals surface area contributed by atoms with Gasteiger partial charge >= 0.3 is 6.03 Å². The monoisotopic (exact) mass is 302 g/mol. The van der Waals surface area contributed by atoms with Gasteiger partial charge in [-0.3, -0.25) is 5.32 Å². The van der Waals surface area contributed by atoms with Gasteiger partial charge in [0.15, 0.2) is 5.82 Å². The number of nitrogens with one attached hydrogen (secondary N) is 2. The maximum atomic E-state index is 11.9.